The van der Waals surface area contributed by atoms with Gasteiger partial charge in [0.25, 0.3) is 0 Å². The van der Waals surface area contributed by atoms with Crippen molar-refractivity contribution >= 4 is 85.1 Å². The van der Waals surface area contributed by atoms with Crippen LogP contribution in [0.3, 0.4) is 0 Å². The summed E-state index contributed by atoms with van der Waals surface area (Å²) in [6, 6.07) is 12.4. The zero-order chi connectivity index (χ0) is 24.6. The van der Waals surface area contributed by atoms with Gasteiger partial charge in [-0.1, -0.05) is 0 Å². The molecule has 0 bridgehead atoms. The molecule has 7 rings (SSSR count). The number of fused-ring (bicyclic) bond motifs is 6. The molecule has 0 radical (unpaired) electrons. The summed E-state index contributed by atoms with van der Waals surface area (Å²) in [4.78, 5) is 13.3. The third-order valence-corrected chi connectivity index (χ3v) is 33.7. The Balaban J connectivity index is 1.57. The predicted octanol–water partition coefficient (Wildman–Crippen LogP) is 3.60. The third-order valence-electron chi connectivity index (χ3n) is 6.44. The van der Waals surface area contributed by atoms with Crippen molar-refractivity contribution in [3.8, 4) is 23.0 Å². The quantitative estimate of drug-likeness (QED) is 0.212. The van der Waals surface area contributed by atoms with E-state index in [4.69, 9.17) is 15.2 Å². The van der Waals surface area contributed by atoms with E-state index in [1.54, 1.807) is 24.3 Å². The number of hydrogen-bond donors (Lipinski definition) is 3. The number of nitrogens with two attached hydrogens (primary N) is 1. The van der Waals surface area contributed by atoms with Crippen LogP contribution in [-0.4, -0.2) is 63.9 Å². The summed E-state index contributed by atoms with van der Waals surface area (Å²) < 4.78 is 14.8. The van der Waals surface area contributed by atoms with Crippen LogP contribution in [0.15, 0.2) is 42.5 Å². The van der Waals surface area contributed by atoms with Crippen LogP contribution >= 0.6 is 40.1 Å². The first-order valence-electron chi connectivity index (χ1n) is 11.1. The van der Waals surface area contributed by atoms with E-state index in [9.17, 15) is 15.0 Å². The van der Waals surface area contributed by atoms with Gasteiger partial charge in [-0.2, -0.15) is 0 Å². The Morgan fingerprint density at radius 2 is 1.28 bits per heavy atom. The number of phenols is 2. The molecule has 0 saturated carbocycles. The van der Waals surface area contributed by atoms with E-state index in [0.717, 1.165) is 31.7 Å². The van der Waals surface area contributed by atoms with E-state index >= 15 is 0 Å². The van der Waals surface area contributed by atoms with Crippen molar-refractivity contribution in [2.75, 3.05) is 28.7 Å². The van der Waals surface area contributed by atoms with Crippen LogP contribution in [0.1, 0.15) is 27.0 Å². The van der Waals surface area contributed by atoms with Gasteiger partial charge in [0, 0.05) is 0 Å². The van der Waals surface area contributed by atoms with Crippen molar-refractivity contribution in [3.63, 3.8) is 0 Å². The van der Waals surface area contributed by atoms with Crippen LogP contribution in [0.4, 0.5) is 5.69 Å². The molecule has 3 aromatic carbocycles. The minimum atomic E-state index is -1.73. The molecule has 4 heterocycles. The molecule has 2 fully saturated rings. The fraction of sp³-hybridized carbons (Fsp3) is 0.208. The number of ether oxygens (including phenoxy) is 2. The molecule has 0 unspecified atom stereocenters. The maximum absolute atomic E-state index is 13.3. The average Bonchev–Trinajstić information content (AvgIpc) is 3.62. The molecule has 4 aliphatic heterocycles. The molecule has 0 atom stereocenters. The predicted molar refractivity (Wildman–Crippen MR) is 153 cm³/mol. The first-order valence-corrected chi connectivity index (χ1v) is 26.0. The molecule has 2 saturated heterocycles. The first-order chi connectivity index (χ1) is 17.5. The second-order valence-corrected chi connectivity index (χ2v) is 31.6. The summed E-state index contributed by atoms with van der Waals surface area (Å²) in [6.45, 7) is 0. The SMILES string of the molecule is Nc1ccc2c(c1)C(=O)OC21c2ccc(O)c([As]3SCCS3)c2Oc2c1ccc(O)c2[As]1SCCS1. The van der Waals surface area contributed by atoms with E-state index in [0.29, 0.717) is 39.4 Å². The van der Waals surface area contributed by atoms with E-state index in [-0.39, 0.29) is 11.5 Å². The molecular formula is C24H19As2NO5S4. The van der Waals surface area contributed by atoms with E-state index < -0.39 is 36.2 Å². The Morgan fingerprint density at radius 3 is 1.81 bits per heavy atom. The Morgan fingerprint density at radius 1 is 0.778 bits per heavy atom. The summed E-state index contributed by atoms with van der Waals surface area (Å²) in [7, 11) is 7.65. The van der Waals surface area contributed by atoms with Gasteiger partial charge >= 0.3 is 232 Å². The van der Waals surface area contributed by atoms with Crippen LogP contribution in [-0.2, 0) is 10.3 Å². The van der Waals surface area contributed by atoms with Crippen LogP contribution < -0.4 is 19.2 Å². The van der Waals surface area contributed by atoms with Gasteiger partial charge < -0.3 is 0 Å². The van der Waals surface area contributed by atoms with Crippen molar-refractivity contribution in [1.82, 2.24) is 0 Å². The number of nitrogen functional groups attached to an aromatic ring is 1. The number of rotatable bonds is 2. The van der Waals surface area contributed by atoms with Gasteiger partial charge in [0.2, 0.25) is 0 Å². The number of carbonyl (C=O) groups excluding carboxylic acids is 1. The molecular weight excluding hydrogens is 660 g/mol. The van der Waals surface area contributed by atoms with Gasteiger partial charge in [-0.3, -0.25) is 0 Å². The Bertz CT molecular complexity index is 1370. The summed E-state index contributed by atoms with van der Waals surface area (Å²) >= 11 is -3.46. The standard InChI is InChI=1S/C24H19As2NO5S4/c27-12-1-2-14-13(11-12)23(30)32-24(14)15-3-5-17(28)19(25-33-7-8-34-25)21(15)31-22-16(24)4-6-18(29)20(22)26-35-9-10-36-26/h1-6,11,28-29H,7-10,27H2. The fourth-order valence-electron chi connectivity index (χ4n) is 4.98. The molecule has 4 N–H and O–H groups in total. The number of benzene rings is 3. The number of anilines is 1. The second-order valence-electron chi connectivity index (χ2n) is 8.44. The molecule has 12 heteroatoms. The van der Waals surface area contributed by atoms with Crippen LogP contribution in [0.2, 0.25) is 0 Å². The van der Waals surface area contributed by atoms with Gasteiger partial charge in [0.15, 0.2) is 0 Å². The van der Waals surface area contributed by atoms with Crippen LogP contribution in [0.5, 0.6) is 23.0 Å². The summed E-state index contributed by atoms with van der Waals surface area (Å²) in [6.07, 6.45) is 0. The molecule has 184 valence electrons. The third kappa shape index (κ3) is 3.41. The van der Waals surface area contributed by atoms with Crippen LogP contribution in [0, 0.1) is 0 Å². The van der Waals surface area contributed by atoms with E-state index in [1.165, 1.54) is 0 Å². The zero-order valence-electron chi connectivity index (χ0n) is 18.6. The fourth-order valence-corrected chi connectivity index (χ4v) is 34.6. The molecule has 0 amide bonds. The number of esters is 1. The normalized spacial score (nSPS) is 20.2. The van der Waals surface area contributed by atoms with Gasteiger partial charge in [-0.05, 0) is 0 Å². The van der Waals surface area contributed by atoms with Crippen LogP contribution in [0.25, 0.3) is 0 Å². The molecule has 4 aliphatic rings. The van der Waals surface area contributed by atoms with Crippen molar-refractivity contribution < 1.29 is 24.5 Å². The van der Waals surface area contributed by atoms with E-state index in [1.807, 2.05) is 58.3 Å². The summed E-state index contributed by atoms with van der Waals surface area (Å²) in [5.74, 6) is 5.34. The molecule has 36 heavy (non-hydrogen) atoms. The number of carbonyl (C=O) groups is 1. The molecule has 0 aliphatic carbocycles. The second kappa shape index (κ2) is 8.96. The molecule has 6 nitrogen and oxygen atoms in total. The summed E-state index contributed by atoms with van der Waals surface area (Å²) in [5.41, 5.74) is 7.89. The van der Waals surface area contributed by atoms with Gasteiger partial charge in [-0.25, -0.2) is 0 Å². The number of hydrogen-bond acceptors (Lipinski definition) is 10. The minimum absolute atomic E-state index is 0.222. The van der Waals surface area contributed by atoms with Gasteiger partial charge in [0.05, 0.1) is 0 Å². The molecule has 0 aromatic heterocycles. The van der Waals surface area contributed by atoms with Gasteiger partial charge in [-0.15, -0.1) is 0 Å². The Hall–Kier alpha value is -1.15. The Labute approximate surface area is 229 Å². The van der Waals surface area contributed by atoms with Crippen molar-refractivity contribution in [3.05, 3.63) is 64.7 Å². The monoisotopic (exact) mass is 679 g/mol. The zero-order valence-corrected chi connectivity index (χ0v) is 25.6. The van der Waals surface area contributed by atoms with Crippen molar-refractivity contribution in [1.29, 1.82) is 0 Å². The average molecular weight is 680 g/mol. The molecule has 3 aromatic rings. The van der Waals surface area contributed by atoms with Crippen molar-refractivity contribution in [2.45, 2.75) is 5.60 Å². The molecule has 1 spiro atoms. The summed E-state index contributed by atoms with van der Waals surface area (Å²) in [5, 5.41) is 22.2. The Kier molecular flexibility index (Phi) is 5.95. The number of aromatic hydroxyl groups is 2. The first kappa shape index (κ1) is 23.9. The van der Waals surface area contributed by atoms with Crippen molar-refractivity contribution in [2.24, 2.45) is 0 Å². The number of phenolic OH excluding ortho intramolecular Hbond substituents is 2. The topological polar surface area (TPSA) is 102 Å². The van der Waals surface area contributed by atoms with E-state index in [2.05, 4.69) is 0 Å². The van der Waals surface area contributed by atoms with Gasteiger partial charge in [0.1, 0.15) is 0 Å². The maximum atomic E-state index is 13.3.